The van der Waals surface area contributed by atoms with Gasteiger partial charge in [0.25, 0.3) is 5.56 Å². The number of para-hydroxylation sites is 1. The second-order valence-corrected chi connectivity index (χ2v) is 12.1. The van der Waals surface area contributed by atoms with E-state index in [0.29, 0.717) is 35.9 Å². The Morgan fingerprint density at radius 1 is 1.00 bits per heavy atom. The smallest absolute Gasteiger partial charge is 0.276 e. The summed E-state index contributed by atoms with van der Waals surface area (Å²) in [6.07, 6.45) is 8.92. The number of anilines is 5. The van der Waals surface area contributed by atoms with Crippen molar-refractivity contribution < 1.29 is 0 Å². The number of nitrogens with zero attached hydrogens (tertiary/aromatic N) is 7. The minimum Gasteiger partial charge on any atom is -0.382 e. The largest absolute Gasteiger partial charge is 0.382 e. The minimum atomic E-state index is -0.137. The van der Waals surface area contributed by atoms with E-state index in [1.807, 2.05) is 72.9 Å². The lowest BCUT2D eigenvalue weighted by atomic mass is 10.1. The third-order valence-electron chi connectivity index (χ3n) is 9.02. The van der Waals surface area contributed by atoms with Gasteiger partial charge >= 0.3 is 0 Å². The van der Waals surface area contributed by atoms with E-state index in [1.165, 1.54) is 0 Å². The average molecular weight is 605 g/mol. The molecule has 0 amide bonds. The molecule has 2 aromatic carbocycles. The van der Waals surface area contributed by atoms with Crippen LogP contribution in [0.15, 0.2) is 84.0 Å². The standard InChI is InChI=1S/C34H40N10O/c1-41-17-13-27(14-18-41)38-25-8-10-26(11-9-25)39-34-37-21-24-20-30(42(2)28-6-4-3-5-7-28)33(45)44(32(24)40-34)23-31-36-16-19-43(31)29-12-15-35-22-29/h3-11,16,19-21,27,29,35,38H,12-15,17-18,22-23H2,1-2H3,(H,37,39,40). The number of likely N-dealkylation sites (tertiary alicyclic amines) is 1. The molecule has 7 rings (SSSR count). The van der Waals surface area contributed by atoms with Gasteiger partial charge in [-0.15, -0.1) is 0 Å². The molecule has 11 heteroatoms. The van der Waals surface area contributed by atoms with E-state index in [-0.39, 0.29) is 5.56 Å². The normalized spacial score (nSPS) is 17.5. The van der Waals surface area contributed by atoms with Crippen molar-refractivity contribution in [2.24, 2.45) is 0 Å². The molecule has 0 aliphatic carbocycles. The molecular weight excluding hydrogens is 564 g/mol. The Balaban J connectivity index is 1.20. The second-order valence-electron chi connectivity index (χ2n) is 12.1. The Labute approximate surface area is 262 Å². The van der Waals surface area contributed by atoms with E-state index in [0.717, 1.165) is 73.7 Å². The Kier molecular flexibility index (Phi) is 8.19. The molecule has 3 aromatic heterocycles. The van der Waals surface area contributed by atoms with Crippen LogP contribution in [0.3, 0.4) is 0 Å². The van der Waals surface area contributed by atoms with Gasteiger partial charge in [0.15, 0.2) is 0 Å². The van der Waals surface area contributed by atoms with E-state index in [2.05, 4.69) is 54.6 Å². The van der Waals surface area contributed by atoms with Crippen molar-refractivity contribution in [1.82, 2.24) is 34.3 Å². The zero-order valence-corrected chi connectivity index (χ0v) is 25.9. The van der Waals surface area contributed by atoms with Crippen LogP contribution >= 0.6 is 0 Å². The summed E-state index contributed by atoms with van der Waals surface area (Å²) in [7, 11) is 4.09. The highest BCUT2D eigenvalue weighted by atomic mass is 16.1. The number of fused-ring (bicyclic) bond motifs is 1. The number of pyridine rings is 1. The fourth-order valence-electron chi connectivity index (χ4n) is 6.37. The van der Waals surface area contributed by atoms with Gasteiger partial charge in [-0.1, -0.05) is 18.2 Å². The number of piperidine rings is 1. The molecule has 2 saturated heterocycles. The molecule has 0 spiro atoms. The molecule has 2 fully saturated rings. The maximum absolute atomic E-state index is 14.2. The van der Waals surface area contributed by atoms with Gasteiger partial charge in [-0.25, -0.2) is 9.97 Å². The summed E-state index contributed by atoms with van der Waals surface area (Å²) >= 11 is 0. The number of nitrogens with one attached hydrogen (secondary N) is 3. The molecule has 45 heavy (non-hydrogen) atoms. The van der Waals surface area contributed by atoms with Crippen LogP contribution in [0, 0.1) is 0 Å². The summed E-state index contributed by atoms with van der Waals surface area (Å²) in [5.41, 5.74) is 3.87. The average Bonchev–Trinajstić information content (AvgIpc) is 3.77. The molecule has 11 nitrogen and oxygen atoms in total. The summed E-state index contributed by atoms with van der Waals surface area (Å²) in [4.78, 5) is 32.7. The number of hydrogen-bond acceptors (Lipinski definition) is 9. The third-order valence-corrected chi connectivity index (χ3v) is 9.02. The molecule has 1 unspecified atom stereocenters. The number of rotatable bonds is 9. The van der Waals surface area contributed by atoms with E-state index < -0.39 is 0 Å². The third kappa shape index (κ3) is 6.27. The van der Waals surface area contributed by atoms with Crippen LogP contribution in [-0.4, -0.2) is 75.3 Å². The van der Waals surface area contributed by atoms with Crippen LogP contribution < -0.4 is 26.4 Å². The molecule has 3 N–H and O–H groups in total. The van der Waals surface area contributed by atoms with E-state index in [9.17, 15) is 4.79 Å². The molecule has 0 radical (unpaired) electrons. The van der Waals surface area contributed by atoms with Crippen molar-refractivity contribution in [2.75, 3.05) is 55.8 Å². The van der Waals surface area contributed by atoms with Gasteiger partial charge in [-0.05, 0) is 88.4 Å². The Hall–Kier alpha value is -4.74. The van der Waals surface area contributed by atoms with Gasteiger partial charge in [0.1, 0.15) is 17.2 Å². The molecule has 232 valence electrons. The number of benzene rings is 2. The SMILES string of the molecule is CN1CCC(Nc2ccc(Nc3ncc4cc(N(C)c5ccccc5)c(=O)n(Cc5nccn5C5CCNC5)c4n3)cc2)CC1. The zero-order valence-electron chi connectivity index (χ0n) is 25.9. The molecule has 2 aliphatic heterocycles. The first-order valence-corrected chi connectivity index (χ1v) is 15.8. The van der Waals surface area contributed by atoms with E-state index in [4.69, 9.17) is 4.98 Å². The highest BCUT2D eigenvalue weighted by molar-refractivity contribution is 5.81. The molecule has 0 bridgehead atoms. The lowest BCUT2D eigenvalue weighted by Crippen LogP contribution is -2.36. The first kappa shape index (κ1) is 29.0. The topological polar surface area (TPSA) is 108 Å². The number of imidazole rings is 1. The maximum atomic E-state index is 14.2. The van der Waals surface area contributed by atoms with E-state index >= 15 is 0 Å². The number of hydrogen-bond donors (Lipinski definition) is 3. The molecular formula is C34H40N10O. The van der Waals surface area contributed by atoms with Crippen molar-refractivity contribution in [2.45, 2.75) is 37.9 Å². The molecule has 5 aromatic rings. The van der Waals surface area contributed by atoms with Crippen LogP contribution in [0.25, 0.3) is 11.0 Å². The van der Waals surface area contributed by atoms with Gasteiger partial charge in [-0.2, -0.15) is 4.98 Å². The fraction of sp³-hybridized carbons (Fsp3) is 0.353. The maximum Gasteiger partial charge on any atom is 0.276 e. The number of aromatic nitrogens is 5. The molecule has 0 saturated carbocycles. The summed E-state index contributed by atoms with van der Waals surface area (Å²) < 4.78 is 3.92. The van der Waals surface area contributed by atoms with Gasteiger partial charge in [0.2, 0.25) is 5.95 Å². The summed E-state index contributed by atoms with van der Waals surface area (Å²) in [5, 5.41) is 11.2. The quantitative estimate of drug-likeness (QED) is 0.223. The molecule has 2 aliphatic rings. The predicted octanol–water partition coefficient (Wildman–Crippen LogP) is 4.59. The summed E-state index contributed by atoms with van der Waals surface area (Å²) in [5.74, 6) is 1.26. The lowest BCUT2D eigenvalue weighted by molar-refractivity contribution is 0.264. The van der Waals surface area contributed by atoms with Crippen LogP contribution in [0.5, 0.6) is 0 Å². The first-order valence-electron chi connectivity index (χ1n) is 15.8. The molecule has 5 heterocycles. The van der Waals surface area contributed by atoms with Crippen LogP contribution in [0.2, 0.25) is 0 Å². The van der Waals surface area contributed by atoms with E-state index in [1.54, 1.807) is 10.8 Å². The van der Waals surface area contributed by atoms with Crippen LogP contribution in [0.1, 0.15) is 31.1 Å². The van der Waals surface area contributed by atoms with Crippen molar-refractivity contribution in [3.8, 4) is 0 Å². The highest BCUT2D eigenvalue weighted by Crippen LogP contribution is 2.26. The van der Waals surface area contributed by atoms with Crippen molar-refractivity contribution in [3.63, 3.8) is 0 Å². The van der Waals surface area contributed by atoms with Gasteiger partial charge in [0, 0.05) is 66.7 Å². The summed E-state index contributed by atoms with van der Waals surface area (Å²) in [6.45, 7) is 4.39. The summed E-state index contributed by atoms with van der Waals surface area (Å²) in [6, 6.07) is 20.8. The predicted molar refractivity (Wildman–Crippen MR) is 180 cm³/mol. The van der Waals surface area contributed by atoms with Crippen molar-refractivity contribution >= 4 is 39.7 Å². The highest BCUT2D eigenvalue weighted by Gasteiger charge is 2.22. The minimum absolute atomic E-state index is 0.137. The van der Waals surface area contributed by atoms with Gasteiger partial charge < -0.3 is 30.3 Å². The Morgan fingerprint density at radius 3 is 2.53 bits per heavy atom. The Morgan fingerprint density at radius 2 is 1.78 bits per heavy atom. The van der Waals surface area contributed by atoms with Gasteiger partial charge in [0.05, 0.1) is 6.54 Å². The van der Waals surface area contributed by atoms with Crippen LogP contribution in [-0.2, 0) is 6.54 Å². The second kappa shape index (κ2) is 12.7. The fourth-order valence-corrected chi connectivity index (χ4v) is 6.37. The van der Waals surface area contributed by atoms with Crippen LogP contribution in [0.4, 0.5) is 28.7 Å². The van der Waals surface area contributed by atoms with Crippen molar-refractivity contribution in [1.29, 1.82) is 0 Å². The monoisotopic (exact) mass is 604 g/mol. The zero-order chi connectivity index (χ0) is 30.8. The first-order chi connectivity index (χ1) is 22.0. The van der Waals surface area contributed by atoms with Crippen molar-refractivity contribution in [3.05, 3.63) is 95.4 Å². The lowest BCUT2D eigenvalue weighted by Gasteiger charge is -2.30. The van der Waals surface area contributed by atoms with Gasteiger partial charge in [-0.3, -0.25) is 9.36 Å². The molecule has 1 atom stereocenters. The Bertz CT molecular complexity index is 1800.